The number of carbonyl (C=O) groups is 2. The van der Waals surface area contributed by atoms with Gasteiger partial charge in [0.25, 0.3) is 5.91 Å². The molecule has 114 valence electrons. The molecule has 7 heteroatoms. The zero-order chi connectivity index (χ0) is 15.2. The minimum Gasteiger partial charge on any atom is -0.375 e. The molecule has 6 nitrogen and oxygen atoms in total. The van der Waals surface area contributed by atoms with E-state index in [9.17, 15) is 9.59 Å². The second-order valence-corrected chi connectivity index (χ2v) is 5.33. The van der Waals surface area contributed by atoms with Crippen LogP contribution in [0.2, 0.25) is 5.02 Å². The molecule has 1 N–H and O–H groups in total. The lowest BCUT2D eigenvalue weighted by Gasteiger charge is -2.32. The fourth-order valence-electron chi connectivity index (χ4n) is 2.33. The van der Waals surface area contributed by atoms with Gasteiger partial charge in [-0.15, -0.1) is 0 Å². The van der Waals surface area contributed by atoms with Crippen LogP contribution in [0.4, 0.5) is 0 Å². The molecule has 1 aromatic rings. The van der Waals surface area contributed by atoms with Crippen LogP contribution < -0.4 is 5.32 Å². The van der Waals surface area contributed by atoms with E-state index in [1.165, 1.54) is 13.3 Å². The molecule has 2 amide bonds. The first-order chi connectivity index (χ1) is 10.1. The van der Waals surface area contributed by atoms with Gasteiger partial charge in [0.2, 0.25) is 5.91 Å². The zero-order valence-electron chi connectivity index (χ0n) is 11.8. The van der Waals surface area contributed by atoms with Crippen LogP contribution in [-0.2, 0) is 9.53 Å². The summed E-state index contributed by atoms with van der Waals surface area (Å²) in [5, 5.41) is 3.30. The first kappa shape index (κ1) is 15.7. The minimum absolute atomic E-state index is 0.0600. The van der Waals surface area contributed by atoms with Gasteiger partial charge in [0, 0.05) is 38.6 Å². The summed E-state index contributed by atoms with van der Waals surface area (Å²) in [6.07, 6.45) is 4.48. The van der Waals surface area contributed by atoms with Crippen molar-refractivity contribution in [1.82, 2.24) is 15.2 Å². The number of hydrogen-bond acceptors (Lipinski definition) is 4. The normalized spacial score (nSPS) is 15.8. The topological polar surface area (TPSA) is 71.5 Å². The predicted molar refractivity (Wildman–Crippen MR) is 78.2 cm³/mol. The Morgan fingerprint density at radius 3 is 2.81 bits per heavy atom. The fourth-order valence-corrected chi connectivity index (χ4v) is 2.52. The molecule has 0 bridgehead atoms. The van der Waals surface area contributed by atoms with E-state index >= 15 is 0 Å². The number of halogens is 1. The summed E-state index contributed by atoms with van der Waals surface area (Å²) in [5.41, 5.74) is 0.418. The van der Waals surface area contributed by atoms with E-state index in [4.69, 9.17) is 16.3 Å². The predicted octanol–water partition coefficient (Wildman–Crippen LogP) is 1.10. The van der Waals surface area contributed by atoms with Crippen molar-refractivity contribution < 1.29 is 14.3 Å². The van der Waals surface area contributed by atoms with Gasteiger partial charge in [0.1, 0.15) is 6.61 Å². The molecular formula is C14H18ClN3O3. The number of amides is 2. The highest BCUT2D eigenvalue weighted by Gasteiger charge is 2.25. The zero-order valence-corrected chi connectivity index (χ0v) is 12.6. The Morgan fingerprint density at radius 2 is 2.19 bits per heavy atom. The summed E-state index contributed by atoms with van der Waals surface area (Å²) >= 11 is 6.01. The molecule has 21 heavy (non-hydrogen) atoms. The number of rotatable bonds is 4. The van der Waals surface area contributed by atoms with Gasteiger partial charge < -0.3 is 15.0 Å². The van der Waals surface area contributed by atoms with Crippen LogP contribution in [0.15, 0.2) is 18.5 Å². The van der Waals surface area contributed by atoms with Crippen LogP contribution in [-0.4, -0.2) is 54.5 Å². The van der Waals surface area contributed by atoms with Crippen molar-refractivity contribution in [1.29, 1.82) is 0 Å². The Balaban J connectivity index is 1.88. The average Bonchev–Trinajstić information content (AvgIpc) is 2.48. The molecule has 0 atom stereocenters. The summed E-state index contributed by atoms with van der Waals surface area (Å²) in [6, 6.07) is 1.69. The van der Waals surface area contributed by atoms with E-state index in [0.29, 0.717) is 23.7 Å². The Bertz CT molecular complexity index is 516. The van der Waals surface area contributed by atoms with Crippen molar-refractivity contribution in [2.45, 2.75) is 18.9 Å². The van der Waals surface area contributed by atoms with Crippen LogP contribution in [0.3, 0.4) is 0 Å². The SMILES string of the molecule is COCC(=O)NC1CCN(C(=O)c2cnccc2Cl)CC1. The highest BCUT2D eigenvalue weighted by molar-refractivity contribution is 6.33. The van der Waals surface area contributed by atoms with E-state index in [2.05, 4.69) is 10.3 Å². The molecule has 0 aliphatic carbocycles. The lowest BCUT2D eigenvalue weighted by Crippen LogP contribution is -2.47. The lowest BCUT2D eigenvalue weighted by molar-refractivity contribution is -0.125. The summed E-state index contributed by atoms with van der Waals surface area (Å²) in [4.78, 5) is 29.5. The number of ether oxygens (including phenoxy) is 1. The van der Waals surface area contributed by atoms with Crippen molar-refractivity contribution >= 4 is 23.4 Å². The number of aromatic nitrogens is 1. The molecule has 1 aliphatic rings. The smallest absolute Gasteiger partial charge is 0.256 e. The molecule has 1 aromatic heterocycles. The third-order valence-corrected chi connectivity index (χ3v) is 3.75. The Kier molecular flexibility index (Phi) is 5.52. The molecular weight excluding hydrogens is 294 g/mol. The second-order valence-electron chi connectivity index (χ2n) is 4.92. The van der Waals surface area contributed by atoms with Crippen LogP contribution >= 0.6 is 11.6 Å². The van der Waals surface area contributed by atoms with E-state index in [1.54, 1.807) is 17.2 Å². The number of nitrogens with zero attached hydrogens (tertiary/aromatic N) is 2. The van der Waals surface area contributed by atoms with Crippen LogP contribution in [0.25, 0.3) is 0 Å². The Hall–Kier alpha value is -1.66. The fraction of sp³-hybridized carbons (Fsp3) is 0.500. The number of hydrogen-bond donors (Lipinski definition) is 1. The lowest BCUT2D eigenvalue weighted by atomic mass is 10.0. The van der Waals surface area contributed by atoms with Crippen molar-refractivity contribution in [3.8, 4) is 0 Å². The van der Waals surface area contributed by atoms with Gasteiger partial charge in [0.05, 0.1) is 10.6 Å². The molecule has 1 fully saturated rings. The molecule has 2 rings (SSSR count). The minimum atomic E-state index is -0.127. The van der Waals surface area contributed by atoms with Gasteiger partial charge in [-0.1, -0.05) is 11.6 Å². The van der Waals surface area contributed by atoms with Crippen LogP contribution in [0, 0.1) is 0 Å². The van der Waals surface area contributed by atoms with E-state index in [1.807, 2.05) is 0 Å². The highest BCUT2D eigenvalue weighted by Crippen LogP contribution is 2.19. The summed E-state index contributed by atoms with van der Waals surface area (Å²) in [7, 11) is 1.48. The van der Waals surface area contributed by atoms with Crippen molar-refractivity contribution in [2.75, 3.05) is 26.8 Å². The molecule has 1 aliphatic heterocycles. The quantitative estimate of drug-likeness (QED) is 0.904. The maximum atomic E-state index is 12.3. The van der Waals surface area contributed by atoms with Gasteiger partial charge in [-0.2, -0.15) is 0 Å². The molecule has 0 spiro atoms. The largest absolute Gasteiger partial charge is 0.375 e. The summed E-state index contributed by atoms with van der Waals surface area (Å²) in [6.45, 7) is 1.23. The number of methoxy groups -OCH3 is 1. The maximum absolute atomic E-state index is 12.3. The van der Waals surface area contributed by atoms with Gasteiger partial charge in [0.15, 0.2) is 0 Å². The van der Waals surface area contributed by atoms with E-state index < -0.39 is 0 Å². The molecule has 0 saturated carbocycles. The molecule has 0 unspecified atom stereocenters. The molecule has 0 radical (unpaired) electrons. The Morgan fingerprint density at radius 1 is 1.48 bits per heavy atom. The number of pyridine rings is 1. The van der Waals surface area contributed by atoms with Gasteiger partial charge in [-0.25, -0.2) is 0 Å². The summed E-state index contributed by atoms with van der Waals surface area (Å²) in [5.74, 6) is -0.243. The number of carbonyl (C=O) groups excluding carboxylic acids is 2. The van der Waals surface area contributed by atoms with Crippen molar-refractivity contribution in [3.63, 3.8) is 0 Å². The van der Waals surface area contributed by atoms with Gasteiger partial charge >= 0.3 is 0 Å². The van der Waals surface area contributed by atoms with Crippen LogP contribution in [0.5, 0.6) is 0 Å². The van der Waals surface area contributed by atoms with Gasteiger partial charge in [-0.05, 0) is 18.9 Å². The van der Waals surface area contributed by atoms with Gasteiger partial charge in [-0.3, -0.25) is 14.6 Å². The van der Waals surface area contributed by atoms with Crippen LogP contribution in [0.1, 0.15) is 23.2 Å². The summed E-state index contributed by atoms with van der Waals surface area (Å²) < 4.78 is 4.78. The molecule has 1 saturated heterocycles. The number of likely N-dealkylation sites (tertiary alicyclic amines) is 1. The average molecular weight is 312 g/mol. The van der Waals surface area contributed by atoms with Crippen molar-refractivity contribution in [2.24, 2.45) is 0 Å². The number of piperidine rings is 1. The Labute approximate surface area is 128 Å². The standard InChI is InChI=1S/C14H18ClN3O3/c1-21-9-13(19)17-10-3-6-18(7-4-10)14(20)11-8-16-5-2-12(11)15/h2,5,8,10H,3-4,6-7,9H2,1H3,(H,17,19). The van der Waals surface area contributed by atoms with E-state index in [-0.39, 0.29) is 24.5 Å². The first-order valence-corrected chi connectivity index (χ1v) is 7.16. The maximum Gasteiger partial charge on any atom is 0.256 e. The monoisotopic (exact) mass is 311 g/mol. The second kappa shape index (κ2) is 7.38. The highest BCUT2D eigenvalue weighted by atomic mass is 35.5. The molecule has 0 aromatic carbocycles. The molecule has 2 heterocycles. The van der Waals surface area contributed by atoms with Crippen molar-refractivity contribution in [3.05, 3.63) is 29.0 Å². The van der Waals surface area contributed by atoms with E-state index in [0.717, 1.165) is 12.8 Å². The third kappa shape index (κ3) is 4.15. The third-order valence-electron chi connectivity index (χ3n) is 3.42. The number of nitrogens with one attached hydrogen (secondary N) is 1. The first-order valence-electron chi connectivity index (χ1n) is 6.79.